The number of hydrogen-bond donors (Lipinski definition) is 1. The number of rotatable bonds is 4. The first-order valence-electron chi connectivity index (χ1n) is 9.99. The summed E-state index contributed by atoms with van der Waals surface area (Å²) < 4.78 is 5.49. The van der Waals surface area contributed by atoms with Gasteiger partial charge in [0, 0.05) is 24.7 Å². The van der Waals surface area contributed by atoms with Crippen molar-refractivity contribution in [2.24, 2.45) is 5.92 Å². The van der Waals surface area contributed by atoms with Crippen LogP contribution in [0.15, 0.2) is 42.5 Å². The Kier molecular flexibility index (Phi) is 5.34. The third-order valence-corrected chi connectivity index (χ3v) is 5.65. The maximum absolute atomic E-state index is 12.7. The second-order valence-electron chi connectivity index (χ2n) is 7.59. The molecule has 0 atom stereocenters. The number of aromatic nitrogens is 2. The van der Waals surface area contributed by atoms with Gasteiger partial charge in [-0.2, -0.15) is 0 Å². The van der Waals surface area contributed by atoms with Crippen molar-refractivity contribution >= 4 is 28.4 Å². The van der Waals surface area contributed by atoms with Crippen molar-refractivity contribution in [1.82, 2.24) is 9.97 Å². The van der Waals surface area contributed by atoms with Gasteiger partial charge >= 0.3 is 0 Å². The Morgan fingerprint density at radius 3 is 2.38 bits per heavy atom. The van der Waals surface area contributed by atoms with E-state index in [4.69, 9.17) is 9.72 Å². The molecule has 0 unspecified atom stereocenters. The van der Waals surface area contributed by atoms with Gasteiger partial charge in [-0.25, -0.2) is 9.97 Å². The lowest BCUT2D eigenvalue weighted by Gasteiger charge is -2.32. The van der Waals surface area contributed by atoms with Crippen molar-refractivity contribution in [2.45, 2.75) is 26.7 Å². The van der Waals surface area contributed by atoms with E-state index in [1.54, 1.807) is 7.11 Å². The standard InChI is InChI=1S/C23H26N4O2/c1-15-8-9-18(14-16(15)2)24-22(28)17-10-12-27(13-11-17)21-23(29-3)26-20-7-5-4-6-19(20)25-21/h4-9,14,17H,10-13H2,1-3H3,(H,24,28). The number of hydrogen-bond acceptors (Lipinski definition) is 5. The van der Waals surface area contributed by atoms with Crippen LogP contribution in [0.5, 0.6) is 5.88 Å². The smallest absolute Gasteiger partial charge is 0.257 e. The topological polar surface area (TPSA) is 67.4 Å². The average Bonchev–Trinajstić information content (AvgIpc) is 2.75. The van der Waals surface area contributed by atoms with Crippen LogP contribution in [0.25, 0.3) is 11.0 Å². The summed E-state index contributed by atoms with van der Waals surface area (Å²) in [5.74, 6) is 1.36. The monoisotopic (exact) mass is 390 g/mol. The van der Waals surface area contributed by atoms with E-state index >= 15 is 0 Å². The highest BCUT2D eigenvalue weighted by atomic mass is 16.5. The number of carbonyl (C=O) groups is 1. The minimum atomic E-state index is -0.00716. The molecule has 0 bridgehead atoms. The number of piperidine rings is 1. The highest BCUT2D eigenvalue weighted by Gasteiger charge is 2.27. The van der Waals surface area contributed by atoms with E-state index in [2.05, 4.69) is 29.0 Å². The van der Waals surface area contributed by atoms with E-state index in [9.17, 15) is 4.79 Å². The highest BCUT2D eigenvalue weighted by Crippen LogP contribution is 2.30. The van der Waals surface area contributed by atoms with Crippen molar-refractivity contribution in [3.63, 3.8) is 0 Å². The molecular weight excluding hydrogens is 364 g/mol. The van der Waals surface area contributed by atoms with E-state index in [1.807, 2.05) is 42.5 Å². The summed E-state index contributed by atoms with van der Waals surface area (Å²) >= 11 is 0. The average molecular weight is 390 g/mol. The van der Waals surface area contributed by atoms with E-state index in [0.29, 0.717) is 5.88 Å². The van der Waals surface area contributed by atoms with Gasteiger partial charge in [0.2, 0.25) is 5.91 Å². The van der Waals surface area contributed by atoms with E-state index in [0.717, 1.165) is 48.5 Å². The van der Waals surface area contributed by atoms with E-state index in [1.165, 1.54) is 11.1 Å². The van der Waals surface area contributed by atoms with Crippen LogP contribution in [-0.2, 0) is 4.79 Å². The molecule has 150 valence electrons. The number of nitrogens with zero attached hydrogens (tertiary/aromatic N) is 3. The molecule has 4 rings (SSSR count). The van der Waals surface area contributed by atoms with Crippen molar-refractivity contribution in [1.29, 1.82) is 0 Å². The molecule has 29 heavy (non-hydrogen) atoms. The van der Waals surface area contributed by atoms with Gasteiger partial charge in [-0.1, -0.05) is 18.2 Å². The molecule has 1 aromatic heterocycles. The van der Waals surface area contributed by atoms with Crippen LogP contribution in [0, 0.1) is 19.8 Å². The van der Waals surface area contributed by atoms with Crippen LogP contribution in [0.4, 0.5) is 11.5 Å². The molecule has 0 aliphatic carbocycles. The molecule has 6 heteroatoms. The number of anilines is 2. The van der Waals surface area contributed by atoms with Crippen LogP contribution >= 0.6 is 0 Å². The Labute approximate surface area is 170 Å². The number of amides is 1. The molecule has 0 radical (unpaired) electrons. The van der Waals surface area contributed by atoms with Crippen LogP contribution < -0.4 is 15.0 Å². The van der Waals surface area contributed by atoms with Crippen molar-refractivity contribution < 1.29 is 9.53 Å². The van der Waals surface area contributed by atoms with E-state index < -0.39 is 0 Å². The molecule has 0 saturated carbocycles. The van der Waals surface area contributed by atoms with Gasteiger partial charge in [0.05, 0.1) is 18.1 Å². The van der Waals surface area contributed by atoms with Crippen LogP contribution in [0.2, 0.25) is 0 Å². The van der Waals surface area contributed by atoms with Crippen LogP contribution in [-0.4, -0.2) is 36.1 Å². The fourth-order valence-electron chi connectivity index (χ4n) is 3.73. The number of fused-ring (bicyclic) bond motifs is 1. The number of carbonyl (C=O) groups excluding carboxylic acids is 1. The predicted molar refractivity (Wildman–Crippen MR) is 116 cm³/mol. The SMILES string of the molecule is COc1nc2ccccc2nc1N1CCC(C(=O)Nc2ccc(C)c(C)c2)CC1. The molecule has 1 fully saturated rings. The Morgan fingerprint density at radius 1 is 1.03 bits per heavy atom. The summed E-state index contributed by atoms with van der Waals surface area (Å²) in [5.41, 5.74) is 4.93. The molecule has 1 aliphatic heterocycles. The number of para-hydroxylation sites is 2. The third kappa shape index (κ3) is 4.01. The van der Waals surface area contributed by atoms with Gasteiger partial charge in [0.25, 0.3) is 5.88 Å². The summed E-state index contributed by atoms with van der Waals surface area (Å²) in [6.07, 6.45) is 1.54. The fourth-order valence-corrected chi connectivity index (χ4v) is 3.73. The first-order valence-corrected chi connectivity index (χ1v) is 9.99. The molecule has 1 saturated heterocycles. The summed E-state index contributed by atoms with van der Waals surface area (Å²) in [7, 11) is 1.62. The highest BCUT2D eigenvalue weighted by molar-refractivity contribution is 5.92. The number of nitrogens with one attached hydrogen (secondary N) is 1. The molecule has 1 amide bonds. The van der Waals surface area contributed by atoms with Gasteiger partial charge in [-0.3, -0.25) is 4.79 Å². The van der Waals surface area contributed by atoms with Gasteiger partial charge in [-0.15, -0.1) is 0 Å². The maximum atomic E-state index is 12.7. The summed E-state index contributed by atoms with van der Waals surface area (Å²) in [6, 6.07) is 13.8. The second-order valence-corrected chi connectivity index (χ2v) is 7.59. The molecule has 2 heterocycles. The zero-order chi connectivity index (χ0) is 20.4. The molecule has 2 aromatic carbocycles. The molecule has 6 nitrogen and oxygen atoms in total. The lowest BCUT2D eigenvalue weighted by molar-refractivity contribution is -0.120. The van der Waals surface area contributed by atoms with Crippen molar-refractivity contribution in [3.8, 4) is 5.88 Å². The van der Waals surface area contributed by atoms with Gasteiger partial charge in [0.15, 0.2) is 5.82 Å². The Hall–Kier alpha value is -3.15. The number of aryl methyl sites for hydroxylation is 2. The summed E-state index contributed by atoms with van der Waals surface area (Å²) in [6.45, 7) is 5.62. The molecule has 1 N–H and O–H groups in total. The Balaban J connectivity index is 1.44. The van der Waals surface area contributed by atoms with Crippen LogP contribution in [0.3, 0.4) is 0 Å². The molecule has 3 aromatic rings. The van der Waals surface area contributed by atoms with Crippen molar-refractivity contribution in [3.05, 3.63) is 53.6 Å². The summed E-state index contributed by atoms with van der Waals surface area (Å²) in [4.78, 5) is 24.2. The first-order chi connectivity index (χ1) is 14.0. The number of ether oxygens (including phenoxy) is 1. The quantitative estimate of drug-likeness (QED) is 0.726. The third-order valence-electron chi connectivity index (χ3n) is 5.65. The number of benzene rings is 2. The van der Waals surface area contributed by atoms with E-state index in [-0.39, 0.29) is 11.8 Å². The molecule has 0 spiro atoms. The Morgan fingerprint density at radius 2 is 1.72 bits per heavy atom. The normalized spacial score (nSPS) is 14.8. The maximum Gasteiger partial charge on any atom is 0.257 e. The van der Waals surface area contributed by atoms with Gasteiger partial charge in [0.1, 0.15) is 0 Å². The minimum Gasteiger partial charge on any atom is -0.478 e. The largest absolute Gasteiger partial charge is 0.478 e. The van der Waals surface area contributed by atoms with Crippen LogP contribution in [0.1, 0.15) is 24.0 Å². The van der Waals surface area contributed by atoms with Gasteiger partial charge < -0.3 is 15.0 Å². The lowest BCUT2D eigenvalue weighted by atomic mass is 9.95. The molecular formula is C23H26N4O2. The zero-order valence-corrected chi connectivity index (χ0v) is 17.1. The molecule has 1 aliphatic rings. The second kappa shape index (κ2) is 8.07. The Bertz CT molecular complexity index is 1040. The first kappa shape index (κ1) is 19.2. The number of methoxy groups -OCH3 is 1. The summed E-state index contributed by atoms with van der Waals surface area (Å²) in [5, 5.41) is 3.07. The van der Waals surface area contributed by atoms with Crippen molar-refractivity contribution in [2.75, 3.05) is 30.4 Å². The lowest BCUT2D eigenvalue weighted by Crippen LogP contribution is -2.38. The minimum absolute atomic E-state index is 0.00716. The zero-order valence-electron chi connectivity index (χ0n) is 17.1. The fraction of sp³-hybridized carbons (Fsp3) is 0.348. The predicted octanol–water partition coefficient (Wildman–Crippen LogP) is 4.11. The van der Waals surface area contributed by atoms with Gasteiger partial charge in [-0.05, 0) is 62.1 Å².